The summed E-state index contributed by atoms with van der Waals surface area (Å²) in [5.41, 5.74) is 3.14. The molecule has 218 valence electrons. The van der Waals surface area contributed by atoms with Crippen LogP contribution in [0.3, 0.4) is 0 Å². The maximum absolute atomic E-state index is 12.5. The van der Waals surface area contributed by atoms with Gasteiger partial charge in [-0.1, -0.05) is 42.4 Å². The fourth-order valence-corrected chi connectivity index (χ4v) is 6.82. The highest BCUT2D eigenvalue weighted by atomic mass is 35.5. The van der Waals surface area contributed by atoms with E-state index in [1.54, 1.807) is 4.90 Å². The molecule has 2 saturated heterocycles. The van der Waals surface area contributed by atoms with Crippen molar-refractivity contribution in [3.8, 4) is 6.01 Å². The van der Waals surface area contributed by atoms with Crippen molar-refractivity contribution in [2.24, 2.45) is 0 Å². The quantitative estimate of drug-likeness (QED) is 0.300. The Balaban J connectivity index is 1.34. The second-order valence-electron chi connectivity index (χ2n) is 11.3. The number of benzene rings is 2. The van der Waals surface area contributed by atoms with Gasteiger partial charge in [-0.15, -0.1) is 0 Å². The lowest BCUT2D eigenvalue weighted by Gasteiger charge is -2.41. The molecule has 0 aliphatic carbocycles. The summed E-state index contributed by atoms with van der Waals surface area (Å²) in [7, 11) is 2.13. The summed E-state index contributed by atoms with van der Waals surface area (Å²) in [4.78, 5) is 34.7. The Bertz CT molecular complexity index is 1530. The number of piperazine rings is 1. The van der Waals surface area contributed by atoms with Crippen LogP contribution in [0.25, 0.3) is 15.6 Å². The summed E-state index contributed by atoms with van der Waals surface area (Å²) in [6.45, 7) is 16.0. The Labute approximate surface area is 252 Å². The molecule has 4 heterocycles. The average molecular weight is 586 g/mol. The molecule has 9 nitrogen and oxygen atoms in total. The van der Waals surface area contributed by atoms with Crippen molar-refractivity contribution >= 4 is 39.8 Å². The third-order valence-electron chi connectivity index (χ3n) is 8.81. The molecule has 0 N–H and O–H groups in total. The minimum atomic E-state index is -0.234. The Hall–Kier alpha value is -3.87. The zero-order chi connectivity index (χ0) is 29.2. The number of anilines is 2. The molecule has 1 aromatic heterocycles. The normalized spacial score (nSPS) is 20.8. The summed E-state index contributed by atoms with van der Waals surface area (Å²) in [6.07, 6.45) is 4.36. The van der Waals surface area contributed by atoms with Gasteiger partial charge in [0.2, 0.25) is 12.5 Å². The molecule has 3 aromatic rings. The smallest absolute Gasteiger partial charge is 0.318 e. The zero-order valence-corrected chi connectivity index (χ0v) is 24.8. The molecule has 0 bridgehead atoms. The van der Waals surface area contributed by atoms with Crippen LogP contribution in [0.5, 0.6) is 6.01 Å². The number of fused-ring (bicyclic) bond motifs is 2. The van der Waals surface area contributed by atoms with Crippen LogP contribution in [0.1, 0.15) is 24.1 Å². The molecule has 6 rings (SSSR count). The van der Waals surface area contributed by atoms with Gasteiger partial charge in [-0.05, 0) is 56.4 Å². The molecular weight excluding hydrogens is 550 g/mol. The van der Waals surface area contributed by atoms with E-state index in [1.807, 2.05) is 12.1 Å². The van der Waals surface area contributed by atoms with E-state index >= 15 is 0 Å². The summed E-state index contributed by atoms with van der Waals surface area (Å²) in [5, 5.41) is 2.89. The predicted molar refractivity (Wildman–Crippen MR) is 166 cm³/mol. The number of hydrogen-bond donors (Lipinski definition) is 0. The zero-order valence-electron chi connectivity index (χ0n) is 24.0. The predicted octanol–water partition coefficient (Wildman–Crippen LogP) is 4.44. The van der Waals surface area contributed by atoms with Crippen molar-refractivity contribution in [1.29, 1.82) is 0 Å². The van der Waals surface area contributed by atoms with Gasteiger partial charge < -0.3 is 29.2 Å². The van der Waals surface area contributed by atoms with Crippen LogP contribution in [0.2, 0.25) is 5.02 Å². The van der Waals surface area contributed by atoms with E-state index < -0.39 is 0 Å². The van der Waals surface area contributed by atoms with E-state index in [4.69, 9.17) is 32.9 Å². The number of carbonyl (C=O) groups excluding carboxylic acids is 1. The molecule has 2 unspecified atom stereocenters. The Morgan fingerprint density at radius 2 is 1.98 bits per heavy atom. The standard InChI is InChI=1S/C32H36ClN7O2/c1-4-29(41)40-17-16-39(19-24(40)18-34-2)31-25-13-15-38(28-12-6-9-22-8-5-11-26(33)30(22)28)20-27(25)35-32(36-31)42-21-23-10-7-14-37(23)3/h4-6,8-9,11-12,23-24H,1,7,10,13-21H2,3H3. The maximum atomic E-state index is 12.5. The number of aromatic nitrogens is 2. The van der Waals surface area contributed by atoms with Gasteiger partial charge in [0.05, 0.1) is 17.3 Å². The summed E-state index contributed by atoms with van der Waals surface area (Å²) in [6, 6.07) is 12.8. The summed E-state index contributed by atoms with van der Waals surface area (Å²) < 4.78 is 6.28. The van der Waals surface area contributed by atoms with Gasteiger partial charge in [-0.25, -0.2) is 6.57 Å². The molecule has 3 aliphatic rings. The number of nitrogens with zero attached hydrogens (tertiary/aromatic N) is 7. The molecule has 2 atom stereocenters. The first-order chi connectivity index (χ1) is 20.5. The molecule has 2 fully saturated rings. The Morgan fingerprint density at radius 3 is 2.74 bits per heavy atom. The molecule has 0 saturated carbocycles. The first-order valence-electron chi connectivity index (χ1n) is 14.6. The van der Waals surface area contributed by atoms with Gasteiger partial charge in [0, 0.05) is 48.9 Å². The van der Waals surface area contributed by atoms with E-state index in [2.05, 4.69) is 57.4 Å². The van der Waals surface area contributed by atoms with E-state index in [0.29, 0.717) is 44.8 Å². The number of halogens is 1. The third kappa shape index (κ3) is 5.49. The Morgan fingerprint density at radius 1 is 1.14 bits per heavy atom. The van der Waals surface area contributed by atoms with Crippen LogP contribution in [0.15, 0.2) is 49.1 Å². The number of ether oxygens (including phenoxy) is 1. The number of likely N-dealkylation sites (N-methyl/N-ethyl adjacent to an activating group) is 1. The number of amides is 1. The molecular formula is C32H36ClN7O2. The fraction of sp³-hybridized carbons (Fsp3) is 0.438. The molecule has 10 heteroatoms. The number of carbonyl (C=O) groups is 1. The molecule has 0 spiro atoms. The molecule has 0 radical (unpaired) electrons. The lowest BCUT2D eigenvalue weighted by atomic mass is 10.0. The first-order valence-corrected chi connectivity index (χ1v) is 15.0. The number of likely N-dealkylation sites (tertiary alicyclic amines) is 1. The SMILES string of the molecule is [C-]#[N+]CC1CN(c2nc(OCC3CCCN3C)nc3c2CCN(c2cccc4cccc(Cl)c24)C3)CCN1C(=O)C=C. The highest BCUT2D eigenvalue weighted by molar-refractivity contribution is 6.36. The lowest BCUT2D eigenvalue weighted by Crippen LogP contribution is -2.56. The Kier molecular flexibility index (Phi) is 8.18. The van der Waals surface area contributed by atoms with Crippen molar-refractivity contribution < 1.29 is 9.53 Å². The van der Waals surface area contributed by atoms with Crippen LogP contribution in [0.4, 0.5) is 11.5 Å². The fourth-order valence-electron chi connectivity index (χ4n) is 6.54. The largest absolute Gasteiger partial charge is 0.462 e. The second kappa shape index (κ2) is 12.2. The van der Waals surface area contributed by atoms with Crippen molar-refractivity contribution in [2.45, 2.75) is 37.9 Å². The second-order valence-corrected chi connectivity index (χ2v) is 11.7. The monoisotopic (exact) mass is 585 g/mol. The lowest BCUT2D eigenvalue weighted by molar-refractivity contribution is -0.128. The van der Waals surface area contributed by atoms with Crippen LogP contribution in [-0.4, -0.2) is 90.7 Å². The molecule has 3 aliphatic heterocycles. The highest BCUT2D eigenvalue weighted by Gasteiger charge is 2.35. The van der Waals surface area contributed by atoms with Gasteiger partial charge in [0.25, 0.3) is 0 Å². The van der Waals surface area contributed by atoms with Gasteiger partial charge in [0.1, 0.15) is 18.5 Å². The van der Waals surface area contributed by atoms with E-state index in [0.717, 1.165) is 64.5 Å². The first kappa shape index (κ1) is 28.3. The van der Waals surface area contributed by atoms with Crippen molar-refractivity contribution in [3.63, 3.8) is 0 Å². The van der Waals surface area contributed by atoms with Crippen LogP contribution >= 0.6 is 11.6 Å². The molecule has 1 amide bonds. The average Bonchev–Trinajstić information content (AvgIpc) is 3.43. The van der Waals surface area contributed by atoms with Crippen LogP contribution in [-0.2, 0) is 17.8 Å². The minimum absolute atomic E-state index is 0.137. The maximum Gasteiger partial charge on any atom is 0.318 e. The van der Waals surface area contributed by atoms with E-state index in [-0.39, 0.29) is 18.5 Å². The van der Waals surface area contributed by atoms with Crippen molar-refractivity contribution in [2.75, 3.05) is 62.7 Å². The van der Waals surface area contributed by atoms with Crippen molar-refractivity contribution in [1.82, 2.24) is 19.8 Å². The van der Waals surface area contributed by atoms with Crippen LogP contribution < -0.4 is 14.5 Å². The third-order valence-corrected chi connectivity index (χ3v) is 9.13. The van der Waals surface area contributed by atoms with E-state index in [1.165, 1.54) is 12.5 Å². The van der Waals surface area contributed by atoms with Gasteiger partial charge in [-0.3, -0.25) is 4.79 Å². The molecule has 42 heavy (non-hydrogen) atoms. The highest BCUT2D eigenvalue weighted by Crippen LogP contribution is 2.37. The van der Waals surface area contributed by atoms with Gasteiger partial charge >= 0.3 is 6.01 Å². The number of hydrogen-bond acceptors (Lipinski definition) is 7. The summed E-state index contributed by atoms with van der Waals surface area (Å²) in [5.74, 6) is 0.716. The van der Waals surface area contributed by atoms with Crippen LogP contribution in [0, 0.1) is 6.57 Å². The van der Waals surface area contributed by atoms with Gasteiger partial charge in [-0.2, -0.15) is 9.97 Å². The van der Waals surface area contributed by atoms with E-state index in [9.17, 15) is 4.79 Å². The molecule has 2 aromatic carbocycles. The van der Waals surface area contributed by atoms with Crippen molar-refractivity contribution in [3.05, 3.63) is 76.8 Å². The summed E-state index contributed by atoms with van der Waals surface area (Å²) >= 11 is 6.69. The number of rotatable bonds is 7. The minimum Gasteiger partial charge on any atom is -0.462 e. The van der Waals surface area contributed by atoms with Gasteiger partial charge in [0.15, 0.2) is 0 Å². The topological polar surface area (TPSA) is 69.4 Å².